The number of aryl methyl sites for hydroxylation is 4. The minimum Gasteiger partial charge on any atom is -0.443 e. The van der Waals surface area contributed by atoms with Gasteiger partial charge in [-0.1, -0.05) is 206 Å². The Kier molecular flexibility index (Phi) is 16.9. The van der Waals surface area contributed by atoms with Crippen molar-refractivity contribution in [2.75, 3.05) is 0 Å². The van der Waals surface area contributed by atoms with E-state index in [9.17, 15) is 0 Å². The van der Waals surface area contributed by atoms with Crippen molar-refractivity contribution in [3.05, 3.63) is 226 Å². The Balaban J connectivity index is 0.000000197. The maximum atomic E-state index is 4.89. The van der Waals surface area contributed by atoms with Crippen molar-refractivity contribution >= 4 is 33.4 Å². The van der Waals surface area contributed by atoms with Crippen LogP contribution in [-0.4, -0.2) is 9.97 Å². The Morgan fingerprint density at radius 1 is 0.413 bits per heavy atom. The van der Waals surface area contributed by atoms with Gasteiger partial charge >= 0.3 is 19.5 Å². The van der Waals surface area contributed by atoms with E-state index in [0.29, 0.717) is 46.3 Å². The van der Waals surface area contributed by atoms with E-state index in [4.69, 9.17) is 20.0 Å². The van der Waals surface area contributed by atoms with Gasteiger partial charge < -0.3 is 20.0 Å². The van der Waals surface area contributed by atoms with Gasteiger partial charge in [-0.25, -0.2) is 0 Å². The molecule has 0 unspecified atom stereocenters. The van der Waals surface area contributed by atoms with Crippen LogP contribution in [0.5, 0.6) is 0 Å². The van der Waals surface area contributed by atoms with Crippen LogP contribution in [0.15, 0.2) is 180 Å². The summed E-state index contributed by atoms with van der Waals surface area (Å²) < 4.78 is 0. The Bertz CT molecular complexity index is 3720. The molecule has 0 amide bonds. The summed E-state index contributed by atoms with van der Waals surface area (Å²) in [5.41, 5.74) is 23.6. The molecule has 0 aliphatic heterocycles. The normalized spacial score (nSPS) is 12.0. The van der Waals surface area contributed by atoms with Crippen molar-refractivity contribution in [3.63, 3.8) is 0 Å². The Hall–Kier alpha value is -7.34. The fraction of sp³-hybridized carbons (Fsp3) is 0.235. The van der Waals surface area contributed by atoms with Crippen LogP contribution >= 0.6 is 0 Å². The summed E-state index contributed by atoms with van der Waals surface area (Å²) in [6, 6.07) is 55.4. The third kappa shape index (κ3) is 11.7. The van der Waals surface area contributed by atoms with Crippen LogP contribution in [0.25, 0.3) is 66.3 Å². The number of rotatable bonds is 10. The van der Waals surface area contributed by atoms with Gasteiger partial charge in [-0.05, 0) is 176 Å². The van der Waals surface area contributed by atoms with Gasteiger partial charge in [0.25, 0.3) is 0 Å². The van der Waals surface area contributed by atoms with E-state index in [1.54, 1.807) is 0 Å². The maximum absolute atomic E-state index is 4.89. The van der Waals surface area contributed by atoms with Gasteiger partial charge in [0.2, 0.25) is 0 Å². The van der Waals surface area contributed by atoms with Gasteiger partial charge in [0, 0.05) is 11.6 Å². The van der Waals surface area contributed by atoms with Crippen molar-refractivity contribution < 1.29 is 19.5 Å². The monoisotopic (exact) mass is 1030 g/mol. The van der Waals surface area contributed by atoms with E-state index in [0.717, 1.165) is 32.9 Å². The molecule has 0 N–H and O–H groups in total. The molecule has 10 rings (SSSR count). The summed E-state index contributed by atoms with van der Waals surface area (Å²) >= 11 is 0. The molecule has 6 nitrogen and oxygen atoms in total. The predicted octanol–water partition coefficient (Wildman–Crippen LogP) is 17.2. The van der Waals surface area contributed by atoms with Crippen molar-refractivity contribution in [1.29, 1.82) is 0 Å². The van der Waals surface area contributed by atoms with Crippen LogP contribution in [-0.2, 0) is 19.5 Å². The Labute approximate surface area is 457 Å². The third-order valence-electron chi connectivity index (χ3n) is 14.2. The second kappa shape index (κ2) is 23.5. The molecule has 0 atom stereocenters. The van der Waals surface area contributed by atoms with Crippen LogP contribution in [0.4, 0.5) is 11.6 Å². The summed E-state index contributed by atoms with van der Waals surface area (Å²) in [6.07, 6.45) is 3.73. The minimum absolute atomic E-state index is 0. The van der Waals surface area contributed by atoms with Crippen molar-refractivity contribution in [3.8, 4) is 44.5 Å². The molecule has 0 bridgehead atoms. The molecule has 0 spiro atoms. The van der Waals surface area contributed by atoms with Crippen molar-refractivity contribution in [2.45, 2.75) is 107 Å². The van der Waals surface area contributed by atoms with E-state index in [2.05, 4.69) is 239 Å². The van der Waals surface area contributed by atoms with Gasteiger partial charge in [-0.15, -0.1) is 0 Å². The molecule has 4 aromatic heterocycles. The number of nitrogens with zero attached hydrogens (tertiary/aromatic N) is 6. The van der Waals surface area contributed by atoms with Gasteiger partial charge in [0.15, 0.2) is 0 Å². The maximum Gasteiger partial charge on any atom is 2.00 e. The number of benzene rings is 6. The minimum atomic E-state index is 0. The molecular formula is C68H68N6Zn. The zero-order valence-electron chi connectivity index (χ0n) is 45.9. The quantitative estimate of drug-likeness (QED) is 0.128. The fourth-order valence-electron chi connectivity index (χ4n) is 10.6. The van der Waals surface area contributed by atoms with E-state index in [1.807, 2.05) is 24.5 Å². The average molecular weight is 1030 g/mol. The Morgan fingerprint density at radius 2 is 0.880 bits per heavy atom. The first-order chi connectivity index (χ1) is 35.7. The van der Waals surface area contributed by atoms with Crippen molar-refractivity contribution in [2.24, 2.45) is 9.98 Å². The molecule has 0 saturated carbocycles. The van der Waals surface area contributed by atoms with E-state index < -0.39 is 0 Å². The van der Waals surface area contributed by atoms with Gasteiger partial charge in [-0.3, -0.25) is 9.97 Å². The van der Waals surface area contributed by atoms with Crippen LogP contribution in [0.1, 0.15) is 124 Å². The van der Waals surface area contributed by atoms with Crippen LogP contribution in [0.3, 0.4) is 0 Å². The third-order valence-corrected chi connectivity index (χ3v) is 14.2. The molecule has 75 heavy (non-hydrogen) atoms. The van der Waals surface area contributed by atoms with Crippen LogP contribution in [0.2, 0.25) is 0 Å². The second-order valence-electron chi connectivity index (χ2n) is 20.9. The summed E-state index contributed by atoms with van der Waals surface area (Å²) in [6.45, 7) is 26.7. The Morgan fingerprint density at radius 3 is 1.43 bits per heavy atom. The first-order valence-electron chi connectivity index (χ1n) is 26.2. The molecule has 7 heteroatoms. The van der Waals surface area contributed by atoms with Crippen LogP contribution < -0.4 is 20.9 Å². The summed E-state index contributed by atoms with van der Waals surface area (Å²) in [7, 11) is 0. The zero-order valence-corrected chi connectivity index (χ0v) is 48.8. The molecule has 0 fully saturated rings. The largest absolute Gasteiger partial charge is 2.00 e. The molecule has 6 aromatic carbocycles. The predicted molar refractivity (Wildman–Crippen MR) is 311 cm³/mol. The molecule has 10 aromatic rings. The summed E-state index contributed by atoms with van der Waals surface area (Å²) in [4.78, 5) is 28.6. The first-order valence-corrected chi connectivity index (χ1v) is 26.2. The van der Waals surface area contributed by atoms with Crippen LogP contribution in [0, 0.1) is 27.7 Å². The smallest absolute Gasteiger partial charge is 0.443 e. The number of pyridine rings is 4. The number of hydrogen-bond acceptors (Lipinski definition) is 4. The standard InChI is InChI=1S/C34H28N3.C34H40N3.Zn/c1-21-9-5-10-22(2)33(21)27-13-7-15-29-25(27)17-19-31(35-29)37-32-20-18-26-28(14-8-16-30(26)36-32)34-23(3)11-6-12-24(34)4;1-21(2)27-11-9-12-28(22(3)4)33(27)25-15-17-35-31(19-25)37-32-20-26(16-18-36-32)34-29(23(5)6)13-10-14-30(34)24(7)8;/h5-20H,1-4H3;9-24H,1-8H3;/q2*-1;+2. The molecule has 4 heterocycles. The number of fused-ring (bicyclic) bond motifs is 2. The molecule has 0 aliphatic carbocycles. The molecule has 372 valence electrons. The number of hydrogen-bond donors (Lipinski definition) is 0. The molecule has 0 saturated heterocycles. The van der Waals surface area contributed by atoms with Gasteiger partial charge in [0.1, 0.15) is 0 Å². The summed E-state index contributed by atoms with van der Waals surface area (Å²) in [5, 5.41) is 2.26. The van der Waals surface area contributed by atoms with E-state index in [-0.39, 0.29) is 19.5 Å². The first kappa shape index (κ1) is 53.9. The molecule has 0 radical (unpaired) electrons. The van der Waals surface area contributed by atoms with Crippen molar-refractivity contribution in [1.82, 2.24) is 19.9 Å². The van der Waals surface area contributed by atoms with Gasteiger partial charge in [-0.2, -0.15) is 0 Å². The SMILES string of the molecule is CC(C)c1cccc(C(C)C)c1-c1ccnc(N=c2cc(-c3c(C(C)C)cccc3C(C)C)cc[n-]2)c1.Cc1cccc(C)c1-c1cccc2nc(N=c3ccc4c(-c5c(C)cccc5C)cccc4[n-]3)ccc12.[Zn+2]. The molecular weight excluding hydrogens is 966 g/mol. The summed E-state index contributed by atoms with van der Waals surface area (Å²) in [5.74, 6) is 3.04. The number of aromatic nitrogens is 4. The molecule has 0 aliphatic rings. The fourth-order valence-corrected chi connectivity index (χ4v) is 10.6. The zero-order chi connectivity index (χ0) is 52.2. The second-order valence-corrected chi connectivity index (χ2v) is 20.9. The van der Waals surface area contributed by atoms with E-state index in [1.165, 1.54) is 77.9 Å². The topological polar surface area (TPSA) is 78.7 Å². The average Bonchev–Trinajstić information content (AvgIpc) is 3.38. The van der Waals surface area contributed by atoms with Gasteiger partial charge in [0.05, 0.1) is 17.2 Å². The van der Waals surface area contributed by atoms with E-state index >= 15 is 0 Å².